The topological polar surface area (TPSA) is 74.8 Å². The molecule has 168 valence electrons. The number of aliphatic hydroxyl groups excluding tert-OH is 1. The van der Waals surface area contributed by atoms with Crippen molar-refractivity contribution < 1.29 is 24.4 Å². The molecule has 3 heterocycles. The van der Waals surface area contributed by atoms with Crippen molar-refractivity contribution in [2.75, 3.05) is 13.2 Å². The van der Waals surface area contributed by atoms with Gasteiger partial charge >= 0.3 is 0 Å². The minimum atomic E-state index is -0.804. The second-order valence-electron chi connectivity index (χ2n) is 8.91. The van der Waals surface area contributed by atoms with Gasteiger partial charge in [-0.1, -0.05) is 31.9 Å². The smallest absolute Gasteiger partial charge is 0.123 e. The van der Waals surface area contributed by atoms with Crippen molar-refractivity contribution >= 4 is 69.3 Å². The Hall–Kier alpha value is 0.1000. The number of rotatable bonds is 1. The summed E-state index contributed by atoms with van der Waals surface area (Å²) in [5.74, 6) is 0.522. The van der Waals surface area contributed by atoms with Crippen LogP contribution in [0.25, 0.3) is 5.57 Å². The molecule has 6 atom stereocenters. The Labute approximate surface area is 214 Å². The third kappa shape index (κ3) is 2.86. The minimum Gasteiger partial charge on any atom is -0.511 e. The van der Waals surface area contributed by atoms with Crippen LogP contribution < -0.4 is 0 Å². The molecule has 3 aliphatic heterocycles. The van der Waals surface area contributed by atoms with E-state index in [4.69, 9.17) is 14.2 Å². The molecule has 31 heavy (non-hydrogen) atoms. The van der Waals surface area contributed by atoms with Crippen molar-refractivity contribution in [1.82, 2.24) is 0 Å². The lowest BCUT2D eigenvalue weighted by atomic mass is 9.61. The zero-order valence-corrected chi connectivity index (χ0v) is 23.7. The van der Waals surface area contributed by atoms with Crippen molar-refractivity contribution in [2.24, 2.45) is 5.41 Å². The average Bonchev–Trinajstić information content (AvgIpc) is 3.66. The van der Waals surface area contributed by atoms with Crippen LogP contribution in [0.5, 0.6) is 5.75 Å². The second kappa shape index (κ2) is 7.30. The molecule has 0 spiro atoms. The summed E-state index contributed by atoms with van der Waals surface area (Å²) in [6, 6.07) is 0. The molecule has 0 radical (unpaired) electrons. The van der Waals surface area contributed by atoms with E-state index in [9.17, 15) is 10.2 Å². The molecule has 0 bridgehead atoms. The zero-order chi connectivity index (χ0) is 22.6. The van der Waals surface area contributed by atoms with Crippen LogP contribution in [-0.4, -0.2) is 52.2 Å². The normalized spacial score (nSPS) is 39.2. The first-order valence-electron chi connectivity index (χ1n) is 10.0. The molecule has 9 heteroatoms. The average molecular weight is 686 g/mol. The van der Waals surface area contributed by atoms with E-state index in [-0.39, 0.29) is 35.9 Å². The number of benzene rings is 1. The Morgan fingerprint density at radius 1 is 0.903 bits per heavy atom. The third-order valence-corrected chi connectivity index (χ3v) is 11.9. The van der Waals surface area contributed by atoms with Crippen LogP contribution in [0.15, 0.2) is 24.8 Å². The van der Waals surface area contributed by atoms with E-state index in [0.717, 1.165) is 41.3 Å². The van der Waals surface area contributed by atoms with E-state index in [1.165, 1.54) is 0 Å². The lowest BCUT2D eigenvalue weighted by molar-refractivity contribution is 0.102. The largest absolute Gasteiger partial charge is 0.511 e. The van der Waals surface area contributed by atoms with Gasteiger partial charge in [0, 0.05) is 35.7 Å². The number of alkyl halides is 1. The molecule has 5 rings (SSSR count). The summed E-state index contributed by atoms with van der Waals surface area (Å²) < 4.78 is 19.6. The van der Waals surface area contributed by atoms with Gasteiger partial charge in [-0.3, -0.25) is 0 Å². The van der Waals surface area contributed by atoms with Crippen molar-refractivity contribution in [3.8, 4) is 5.75 Å². The summed E-state index contributed by atoms with van der Waals surface area (Å²) in [5, 5.41) is 22.1. The number of hydrogen-bond acceptors (Lipinski definition) is 5. The molecule has 6 unspecified atom stereocenters. The van der Waals surface area contributed by atoms with Crippen LogP contribution in [-0.2, 0) is 14.2 Å². The minimum absolute atomic E-state index is 0.0809. The van der Waals surface area contributed by atoms with Gasteiger partial charge < -0.3 is 24.4 Å². The Kier molecular flexibility index (Phi) is 5.38. The van der Waals surface area contributed by atoms with E-state index in [1.54, 1.807) is 0 Å². The molecule has 1 aliphatic carbocycles. The highest BCUT2D eigenvalue weighted by Crippen LogP contribution is 2.69. The van der Waals surface area contributed by atoms with Gasteiger partial charge in [-0.15, -0.1) is 0 Å². The van der Waals surface area contributed by atoms with Crippen LogP contribution in [0.4, 0.5) is 0 Å². The fourth-order valence-corrected chi connectivity index (χ4v) is 8.83. The Bertz CT molecular complexity index is 1050. The summed E-state index contributed by atoms with van der Waals surface area (Å²) >= 11 is 15.4. The SMILES string of the molecule is CC1=C(O)C2(C)C3OC3COCC3OC3C2(Br)C(c2c(Br)c(C)c(O)c(C)c2Br)=C1Br. The lowest BCUT2D eigenvalue weighted by Gasteiger charge is -2.49. The molecular formula is C22H22Br4O5. The standard InChI is InChI=1S/C22H22Br4O5/c1-7-14(23)12(15(24)8(2)17(7)27)13-16(25)9(3)18(28)21(4)19-10(30-19)5-29-6-11-20(31-11)22(13,21)26/h10-11,19-20,27-28H,5-6H2,1-4H3. The molecule has 3 saturated heterocycles. The number of allylic oxidation sites excluding steroid dienone is 2. The number of epoxide rings is 2. The number of fused-ring (bicyclic) bond motifs is 5. The summed E-state index contributed by atoms with van der Waals surface area (Å²) in [6.45, 7) is 8.67. The molecule has 0 saturated carbocycles. The van der Waals surface area contributed by atoms with Gasteiger partial charge in [-0.2, -0.15) is 0 Å². The number of hydrogen-bond donors (Lipinski definition) is 2. The summed E-state index contributed by atoms with van der Waals surface area (Å²) in [6.07, 6.45) is -0.624. The van der Waals surface area contributed by atoms with E-state index < -0.39 is 9.74 Å². The Balaban J connectivity index is 1.86. The maximum Gasteiger partial charge on any atom is 0.123 e. The van der Waals surface area contributed by atoms with Crippen molar-refractivity contribution in [3.05, 3.63) is 41.5 Å². The van der Waals surface area contributed by atoms with Crippen LogP contribution in [0, 0.1) is 19.3 Å². The predicted octanol–water partition coefficient (Wildman–Crippen LogP) is 6.19. The number of aliphatic hydroxyl groups is 1. The van der Waals surface area contributed by atoms with Gasteiger partial charge in [0.25, 0.3) is 0 Å². The van der Waals surface area contributed by atoms with Crippen molar-refractivity contribution in [2.45, 2.75) is 56.4 Å². The Morgan fingerprint density at radius 3 is 2.00 bits per heavy atom. The first kappa shape index (κ1) is 22.9. The third-order valence-electron chi connectivity index (χ3n) is 7.26. The van der Waals surface area contributed by atoms with Gasteiger partial charge in [-0.25, -0.2) is 0 Å². The monoisotopic (exact) mass is 682 g/mol. The molecule has 5 nitrogen and oxygen atoms in total. The van der Waals surface area contributed by atoms with Gasteiger partial charge in [0.1, 0.15) is 35.9 Å². The second-order valence-corrected chi connectivity index (χ2v) is 12.5. The molecule has 1 aromatic carbocycles. The highest BCUT2D eigenvalue weighted by Gasteiger charge is 2.74. The summed E-state index contributed by atoms with van der Waals surface area (Å²) in [7, 11) is 0. The fraction of sp³-hybridized carbons (Fsp3) is 0.545. The molecule has 3 fully saturated rings. The number of phenolic OH excluding ortho intramolecular Hbond substituents is 1. The van der Waals surface area contributed by atoms with E-state index in [2.05, 4.69) is 63.7 Å². The summed E-state index contributed by atoms with van der Waals surface area (Å²) in [4.78, 5) is 0. The van der Waals surface area contributed by atoms with E-state index in [1.807, 2.05) is 27.7 Å². The zero-order valence-electron chi connectivity index (χ0n) is 17.4. The molecular weight excluding hydrogens is 664 g/mol. The van der Waals surface area contributed by atoms with Crippen LogP contribution in [0.1, 0.15) is 30.5 Å². The maximum atomic E-state index is 11.5. The quantitative estimate of drug-likeness (QED) is 0.273. The molecule has 4 aliphatic rings. The molecule has 2 N–H and O–H groups in total. The molecule has 1 aromatic rings. The predicted molar refractivity (Wildman–Crippen MR) is 132 cm³/mol. The Morgan fingerprint density at radius 2 is 1.42 bits per heavy atom. The first-order chi connectivity index (χ1) is 14.5. The van der Waals surface area contributed by atoms with Crippen LogP contribution in [0.2, 0.25) is 0 Å². The van der Waals surface area contributed by atoms with Gasteiger partial charge in [0.2, 0.25) is 0 Å². The van der Waals surface area contributed by atoms with Gasteiger partial charge in [-0.05, 0) is 65.1 Å². The highest BCUT2D eigenvalue weighted by atomic mass is 79.9. The van der Waals surface area contributed by atoms with E-state index in [0.29, 0.717) is 13.2 Å². The van der Waals surface area contributed by atoms with Gasteiger partial charge in [0.15, 0.2) is 0 Å². The maximum absolute atomic E-state index is 11.5. The number of phenols is 1. The van der Waals surface area contributed by atoms with Crippen molar-refractivity contribution in [1.29, 1.82) is 0 Å². The van der Waals surface area contributed by atoms with Crippen LogP contribution >= 0.6 is 63.7 Å². The van der Waals surface area contributed by atoms with E-state index >= 15 is 0 Å². The number of ether oxygens (including phenoxy) is 3. The fourth-order valence-electron chi connectivity index (χ4n) is 5.22. The van der Waals surface area contributed by atoms with Crippen LogP contribution in [0.3, 0.4) is 0 Å². The number of aromatic hydroxyl groups is 1. The summed E-state index contributed by atoms with van der Waals surface area (Å²) in [5.41, 5.74) is 3.30. The lowest BCUT2D eigenvalue weighted by Crippen LogP contribution is -2.54. The molecule has 0 aromatic heterocycles. The molecule has 0 amide bonds. The van der Waals surface area contributed by atoms with Gasteiger partial charge in [0.05, 0.1) is 23.0 Å². The number of halogens is 4. The van der Waals surface area contributed by atoms with Crippen molar-refractivity contribution in [3.63, 3.8) is 0 Å². The highest BCUT2D eigenvalue weighted by molar-refractivity contribution is 9.12. The first-order valence-corrected chi connectivity index (χ1v) is 13.2.